The van der Waals surface area contributed by atoms with Crippen LogP contribution < -0.4 is 0 Å². The van der Waals surface area contributed by atoms with Gasteiger partial charge in [0.1, 0.15) is 11.4 Å². The maximum absolute atomic E-state index is 13.7. The normalized spacial score (nSPS) is 21.7. The Bertz CT molecular complexity index is 676. The summed E-state index contributed by atoms with van der Waals surface area (Å²) in [6, 6.07) is 3.01. The van der Waals surface area contributed by atoms with Gasteiger partial charge in [-0.1, -0.05) is 6.07 Å². The highest BCUT2D eigenvalue weighted by atomic mass is 19.1. The van der Waals surface area contributed by atoms with Crippen LogP contribution in [0.5, 0.6) is 0 Å². The van der Waals surface area contributed by atoms with E-state index in [9.17, 15) is 19.1 Å². The minimum Gasteiger partial charge on any atom is -0.479 e. The fourth-order valence-corrected chi connectivity index (χ4v) is 3.25. The maximum atomic E-state index is 13.7. The molecular formula is C17H20FNO4. The van der Waals surface area contributed by atoms with Crippen molar-refractivity contribution in [1.29, 1.82) is 0 Å². The quantitative estimate of drug-likeness (QED) is 0.862. The fraction of sp³-hybridized carbons (Fsp3) is 0.529. The second kappa shape index (κ2) is 4.94. The summed E-state index contributed by atoms with van der Waals surface area (Å²) in [7, 11) is 0. The monoisotopic (exact) mass is 321 g/mol. The van der Waals surface area contributed by atoms with E-state index in [4.69, 9.17) is 4.74 Å². The highest BCUT2D eigenvalue weighted by Gasteiger charge is 2.54. The van der Waals surface area contributed by atoms with E-state index in [0.717, 1.165) is 18.4 Å². The van der Waals surface area contributed by atoms with E-state index in [0.29, 0.717) is 5.56 Å². The topological polar surface area (TPSA) is 66.8 Å². The molecule has 1 unspecified atom stereocenters. The largest absolute Gasteiger partial charge is 0.479 e. The molecule has 2 aliphatic rings. The number of fused-ring (bicyclic) bond motifs is 2. The lowest BCUT2D eigenvalue weighted by atomic mass is 9.83. The number of carboxylic acids is 1. The van der Waals surface area contributed by atoms with E-state index in [1.807, 2.05) is 0 Å². The summed E-state index contributed by atoms with van der Waals surface area (Å²) in [6.07, 6.45) is 1.04. The third-order valence-electron chi connectivity index (χ3n) is 4.38. The Hall–Kier alpha value is -2.11. The molecule has 3 rings (SSSR count). The molecule has 23 heavy (non-hydrogen) atoms. The zero-order chi connectivity index (χ0) is 17.0. The molecule has 1 aliphatic carbocycles. The minimum absolute atomic E-state index is 0.258. The third-order valence-corrected chi connectivity index (χ3v) is 4.38. The van der Waals surface area contributed by atoms with Crippen LogP contribution in [0.4, 0.5) is 9.18 Å². The van der Waals surface area contributed by atoms with Crippen LogP contribution in [0.1, 0.15) is 50.8 Å². The number of hydrogen-bond acceptors (Lipinski definition) is 3. The Morgan fingerprint density at radius 3 is 2.52 bits per heavy atom. The number of carboxylic acid groups (broad SMARTS) is 1. The predicted octanol–water partition coefficient (Wildman–Crippen LogP) is 3.23. The molecule has 1 aliphatic heterocycles. The van der Waals surface area contributed by atoms with Crippen LogP contribution in [-0.2, 0) is 14.9 Å². The van der Waals surface area contributed by atoms with Crippen LogP contribution in [0.25, 0.3) is 0 Å². The van der Waals surface area contributed by atoms with Gasteiger partial charge >= 0.3 is 12.1 Å². The van der Waals surface area contributed by atoms with Gasteiger partial charge in [-0.3, -0.25) is 4.90 Å². The highest BCUT2D eigenvalue weighted by Crippen LogP contribution is 2.55. The number of ether oxygens (including phenoxy) is 1. The van der Waals surface area contributed by atoms with E-state index in [1.54, 1.807) is 26.8 Å². The molecule has 124 valence electrons. The molecule has 1 spiro atoms. The van der Waals surface area contributed by atoms with Crippen LogP contribution in [-0.4, -0.2) is 34.2 Å². The predicted molar refractivity (Wildman–Crippen MR) is 80.6 cm³/mol. The van der Waals surface area contributed by atoms with E-state index in [-0.39, 0.29) is 12.0 Å². The van der Waals surface area contributed by atoms with Gasteiger partial charge < -0.3 is 9.84 Å². The minimum atomic E-state index is -1.22. The number of rotatable bonds is 1. The van der Waals surface area contributed by atoms with E-state index < -0.39 is 29.5 Å². The Morgan fingerprint density at radius 1 is 1.35 bits per heavy atom. The summed E-state index contributed by atoms with van der Waals surface area (Å²) < 4.78 is 19.0. The molecule has 1 N–H and O–H groups in total. The first-order valence-corrected chi connectivity index (χ1v) is 7.65. The van der Waals surface area contributed by atoms with Gasteiger partial charge in [0.05, 0.1) is 0 Å². The average molecular weight is 321 g/mol. The molecule has 5 nitrogen and oxygen atoms in total. The zero-order valence-corrected chi connectivity index (χ0v) is 13.4. The second-order valence-corrected chi connectivity index (χ2v) is 7.36. The molecule has 1 aromatic rings. The molecule has 1 heterocycles. The van der Waals surface area contributed by atoms with Crippen molar-refractivity contribution in [3.8, 4) is 0 Å². The summed E-state index contributed by atoms with van der Waals surface area (Å²) in [5.41, 5.74) is 0.212. The Kier molecular flexibility index (Phi) is 3.39. The first kappa shape index (κ1) is 15.8. The first-order chi connectivity index (χ1) is 10.6. The number of aliphatic carboxylic acids is 1. The van der Waals surface area contributed by atoms with E-state index in [2.05, 4.69) is 0 Å². The molecule has 0 radical (unpaired) electrons. The van der Waals surface area contributed by atoms with Crippen molar-refractivity contribution in [2.75, 3.05) is 6.54 Å². The van der Waals surface area contributed by atoms with Crippen LogP contribution in [0, 0.1) is 5.82 Å². The van der Waals surface area contributed by atoms with Crippen molar-refractivity contribution in [3.63, 3.8) is 0 Å². The Morgan fingerprint density at radius 2 is 2.00 bits per heavy atom. The number of carbonyl (C=O) groups is 2. The zero-order valence-electron chi connectivity index (χ0n) is 13.4. The number of amides is 1. The van der Waals surface area contributed by atoms with Crippen LogP contribution >= 0.6 is 0 Å². The van der Waals surface area contributed by atoms with Crippen molar-refractivity contribution in [2.24, 2.45) is 0 Å². The van der Waals surface area contributed by atoms with Crippen LogP contribution in [0.15, 0.2) is 18.2 Å². The van der Waals surface area contributed by atoms with Gasteiger partial charge in [-0.2, -0.15) is 0 Å². The van der Waals surface area contributed by atoms with Crippen molar-refractivity contribution in [1.82, 2.24) is 4.90 Å². The van der Waals surface area contributed by atoms with Crippen LogP contribution in [0.3, 0.4) is 0 Å². The van der Waals surface area contributed by atoms with Gasteiger partial charge in [0, 0.05) is 12.0 Å². The molecule has 1 amide bonds. The summed E-state index contributed by atoms with van der Waals surface area (Å²) >= 11 is 0. The van der Waals surface area contributed by atoms with Crippen molar-refractivity contribution < 1.29 is 23.8 Å². The highest BCUT2D eigenvalue weighted by molar-refractivity contribution is 5.83. The standard InChI is InChI=1S/C17H20FNO4/c1-16(2,3)23-15(22)19-9-17(6-7-17)12-5-4-10(18)8-11(12)13(19)14(20)21/h4-5,8,13H,6-7,9H2,1-3H3,(H,20,21). The molecule has 6 heteroatoms. The number of benzene rings is 1. The average Bonchev–Trinajstić information content (AvgIpc) is 3.16. The second-order valence-electron chi connectivity index (χ2n) is 7.36. The lowest BCUT2D eigenvalue weighted by Crippen LogP contribution is -2.49. The van der Waals surface area contributed by atoms with Gasteiger partial charge in [0.15, 0.2) is 6.04 Å². The van der Waals surface area contributed by atoms with E-state index in [1.165, 1.54) is 17.0 Å². The Labute approximate surface area is 134 Å². The maximum Gasteiger partial charge on any atom is 0.411 e. The summed E-state index contributed by atoms with van der Waals surface area (Å²) in [6.45, 7) is 5.47. The van der Waals surface area contributed by atoms with Gasteiger partial charge in [-0.25, -0.2) is 14.0 Å². The Balaban J connectivity index is 2.05. The smallest absolute Gasteiger partial charge is 0.411 e. The van der Waals surface area contributed by atoms with Crippen molar-refractivity contribution in [2.45, 2.75) is 50.7 Å². The molecule has 1 fully saturated rings. The molecule has 0 aromatic heterocycles. The molecule has 1 atom stereocenters. The molecule has 1 aromatic carbocycles. The van der Waals surface area contributed by atoms with Crippen molar-refractivity contribution >= 4 is 12.1 Å². The number of hydrogen-bond donors (Lipinski definition) is 1. The van der Waals surface area contributed by atoms with Gasteiger partial charge in [-0.15, -0.1) is 0 Å². The molecule has 0 saturated heterocycles. The summed E-state index contributed by atoms with van der Waals surface area (Å²) in [4.78, 5) is 25.5. The summed E-state index contributed by atoms with van der Waals surface area (Å²) in [5.74, 6) is -1.69. The fourth-order valence-electron chi connectivity index (χ4n) is 3.25. The number of halogens is 1. The van der Waals surface area contributed by atoms with Gasteiger partial charge in [-0.05, 0) is 56.9 Å². The van der Waals surface area contributed by atoms with Gasteiger partial charge in [0.2, 0.25) is 0 Å². The molecule has 0 bridgehead atoms. The number of carbonyl (C=O) groups excluding carboxylic acids is 1. The first-order valence-electron chi connectivity index (χ1n) is 7.65. The van der Waals surface area contributed by atoms with E-state index >= 15 is 0 Å². The van der Waals surface area contributed by atoms with Crippen LogP contribution in [0.2, 0.25) is 0 Å². The van der Waals surface area contributed by atoms with Gasteiger partial charge in [0.25, 0.3) is 0 Å². The van der Waals surface area contributed by atoms with Crippen molar-refractivity contribution in [3.05, 3.63) is 35.1 Å². The molecule has 1 saturated carbocycles. The third kappa shape index (κ3) is 2.78. The SMILES string of the molecule is CC(C)(C)OC(=O)N1CC2(CC2)c2ccc(F)cc2C1C(=O)O. The lowest BCUT2D eigenvalue weighted by Gasteiger charge is -2.40. The number of nitrogens with zero attached hydrogens (tertiary/aromatic N) is 1. The molecular weight excluding hydrogens is 301 g/mol. The lowest BCUT2D eigenvalue weighted by molar-refractivity contribution is -0.144. The summed E-state index contributed by atoms with van der Waals surface area (Å²) in [5, 5.41) is 9.61.